The Morgan fingerprint density at radius 1 is 1.11 bits per heavy atom. The first-order valence-corrected chi connectivity index (χ1v) is 11.0. The number of phenols is 1. The second-order valence-electron chi connectivity index (χ2n) is 8.80. The molecule has 2 aromatic carbocycles. The number of phenolic OH excluding ortho intramolecular Hbond substituents is 1. The topological polar surface area (TPSA) is 90.0 Å². The van der Waals surface area contributed by atoms with E-state index in [-0.39, 0.29) is 52.9 Å². The van der Waals surface area contributed by atoms with Gasteiger partial charge in [0.05, 0.1) is 23.7 Å². The van der Waals surface area contributed by atoms with Gasteiger partial charge in [0.2, 0.25) is 11.8 Å². The number of nitrogens with zero attached hydrogens (tertiary/aromatic N) is 2. The highest BCUT2D eigenvalue weighted by Crippen LogP contribution is 2.36. The molecule has 0 saturated carbocycles. The van der Waals surface area contributed by atoms with Crippen LogP contribution in [-0.4, -0.2) is 58.3 Å². The van der Waals surface area contributed by atoms with Crippen LogP contribution in [0.5, 0.6) is 5.75 Å². The van der Waals surface area contributed by atoms with E-state index < -0.39 is 29.9 Å². The molecule has 0 bridgehead atoms. The second-order valence-corrected chi connectivity index (χ2v) is 8.80. The molecule has 7 nitrogen and oxygen atoms in total. The lowest BCUT2D eigenvalue weighted by molar-refractivity contribution is -0.139. The number of fused-ring (bicyclic) bond motifs is 1. The highest BCUT2D eigenvalue weighted by molar-refractivity contribution is 5.97. The monoisotopic (exact) mass is 493 g/mol. The molecule has 2 aliphatic rings. The molecule has 2 aromatic rings. The zero-order valence-corrected chi connectivity index (χ0v) is 18.7. The van der Waals surface area contributed by atoms with Crippen LogP contribution in [-0.2, 0) is 22.2 Å². The van der Waals surface area contributed by atoms with Crippen molar-refractivity contribution in [1.82, 2.24) is 9.80 Å². The Bertz CT molecular complexity index is 1180. The van der Waals surface area contributed by atoms with Gasteiger partial charge in [-0.05, 0) is 42.3 Å². The average Bonchev–Trinajstić information content (AvgIpc) is 3.36. The van der Waals surface area contributed by atoms with Crippen molar-refractivity contribution >= 4 is 23.4 Å². The van der Waals surface area contributed by atoms with Gasteiger partial charge >= 0.3 is 6.18 Å². The minimum absolute atomic E-state index is 0.0227. The molecular weight excluding hydrogens is 470 g/mol. The minimum Gasteiger partial charge on any atom is -0.506 e. The van der Waals surface area contributed by atoms with Crippen molar-refractivity contribution < 1.29 is 37.1 Å². The minimum atomic E-state index is -4.79. The number of hydrogen-bond donors (Lipinski definition) is 2. The van der Waals surface area contributed by atoms with Gasteiger partial charge in [-0.2, -0.15) is 13.2 Å². The van der Waals surface area contributed by atoms with Crippen molar-refractivity contribution in [3.05, 3.63) is 58.9 Å². The summed E-state index contributed by atoms with van der Waals surface area (Å²) in [7, 11) is 0. The highest BCUT2D eigenvalue weighted by atomic mass is 19.4. The Morgan fingerprint density at radius 3 is 2.51 bits per heavy atom. The number of anilines is 1. The van der Waals surface area contributed by atoms with Gasteiger partial charge in [0.25, 0.3) is 5.91 Å². The van der Waals surface area contributed by atoms with E-state index in [4.69, 9.17) is 0 Å². The molecule has 0 unspecified atom stereocenters. The van der Waals surface area contributed by atoms with Crippen LogP contribution >= 0.6 is 0 Å². The number of amides is 3. The maximum atomic E-state index is 13.4. The molecule has 0 aromatic heterocycles. The summed E-state index contributed by atoms with van der Waals surface area (Å²) >= 11 is 0. The summed E-state index contributed by atoms with van der Waals surface area (Å²) in [6, 6.07) is 6.05. The van der Waals surface area contributed by atoms with E-state index >= 15 is 0 Å². The Kier molecular flexibility index (Phi) is 6.44. The summed E-state index contributed by atoms with van der Waals surface area (Å²) in [6.07, 6.45) is -4.71. The summed E-state index contributed by atoms with van der Waals surface area (Å²) < 4.78 is 53.3. The van der Waals surface area contributed by atoms with Crippen LogP contribution < -0.4 is 5.32 Å². The van der Waals surface area contributed by atoms with Crippen molar-refractivity contribution in [1.29, 1.82) is 0 Å². The van der Waals surface area contributed by atoms with Gasteiger partial charge in [0, 0.05) is 38.0 Å². The SMILES string of the molecule is CC(=O)Nc1ccc(C(=O)N2C[C@@H]3CCN(C(=O)Cc4ccc(F)cc4C(F)(F)F)[C@@H]3C2)cc1O. The second kappa shape index (κ2) is 9.20. The Labute approximate surface area is 198 Å². The number of hydrogen-bond acceptors (Lipinski definition) is 4. The number of alkyl halides is 3. The van der Waals surface area contributed by atoms with E-state index in [0.717, 1.165) is 12.1 Å². The normalized spacial score (nSPS) is 19.6. The van der Waals surface area contributed by atoms with E-state index in [2.05, 4.69) is 5.32 Å². The number of likely N-dealkylation sites (tertiary alicyclic amines) is 2. The fourth-order valence-corrected chi connectivity index (χ4v) is 4.81. The molecule has 2 N–H and O–H groups in total. The Balaban J connectivity index is 1.45. The summed E-state index contributed by atoms with van der Waals surface area (Å²) in [6.45, 7) is 2.23. The molecule has 11 heteroatoms. The third-order valence-electron chi connectivity index (χ3n) is 6.43. The third-order valence-corrected chi connectivity index (χ3v) is 6.43. The molecule has 0 spiro atoms. The number of rotatable bonds is 4. The van der Waals surface area contributed by atoms with Crippen molar-refractivity contribution in [2.24, 2.45) is 5.92 Å². The van der Waals surface area contributed by atoms with E-state index in [9.17, 15) is 37.1 Å². The van der Waals surface area contributed by atoms with Gasteiger partial charge < -0.3 is 20.2 Å². The predicted octanol–water partition coefficient (Wildman–Crippen LogP) is 3.42. The number of halogens is 4. The molecule has 2 atom stereocenters. The first kappa shape index (κ1) is 24.5. The van der Waals surface area contributed by atoms with Crippen molar-refractivity contribution in [2.45, 2.75) is 32.0 Å². The van der Waals surface area contributed by atoms with Crippen LogP contribution in [0, 0.1) is 11.7 Å². The van der Waals surface area contributed by atoms with E-state index in [1.54, 1.807) is 4.90 Å². The molecule has 35 heavy (non-hydrogen) atoms. The zero-order chi connectivity index (χ0) is 25.5. The first-order valence-electron chi connectivity index (χ1n) is 11.0. The zero-order valence-electron chi connectivity index (χ0n) is 18.7. The molecule has 2 saturated heterocycles. The lowest BCUT2D eigenvalue weighted by Gasteiger charge is -2.26. The van der Waals surface area contributed by atoms with Gasteiger partial charge in [0.1, 0.15) is 11.6 Å². The first-order chi connectivity index (χ1) is 16.4. The smallest absolute Gasteiger partial charge is 0.416 e. The van der Waals surface area contributed by atoms with Crippen LogP contribution in [0.15, 0.2) is 36.4 Å². The standard InChI is InChI=1S/C24H23F4N3O4/c1-13(32)29-19-5-3-15(8-21(19)33)23(35)30-11-16-6-7-31(20(16)12-30)22(34)9-14-2-4-17(25)10-18(14)24(26,27)28/h2-5,8,10,16,20,33H,6-7,9,11-12H2,1H3,(H,29,32)/t16-,20+/m0/s1. The average molecular weight is 493 g/mol. The lowest BCUT2D eigenvalue weighted by atomic mass is 10.0. The van der Waals surface area contributed by atoms with E-state index in [1.165, 1.54) is 30.0 Å². The van der Waals surface area contributed by atoms with Gasteiger partial charge in [-0.3, -0.25) is 14.4 Å². The molecule has 2 aliphatic heterocycles. The third kappa shape index (κ3) is 5.08. The summed E-state index contributed by atoms with van der Waals surface area (Å²) in [4.78, 5) is 40.1. The molecule has 186 valence electrons. The maximum Gasteiger partial charge on any atom is 0.416 e. The Hall–Kier alpha value is -3.63. The van der Waals surface area contributed by atoms with Crippen LogP contribution in [0.1, 0.15) is 34.8 Å². The van der Waals surface area contributed by atoms with Crippen LogP contribution in [0.4, 0.5) is 23.2 Å². The maximum absolute atomic E-state index is 13.4. The van der Waals surface area contributed by atoms with Crippen molar-refractivity contribution in [3.63, 3.8) is 0 Å². The Morgan fingerprint density at radius 2 is 1.86 bits per heavy atom. The van der Waals surface area contributed by atoms with Gasteiger partial charge in [-0.1, -0.05) is 6.07 Å². The fourth-order valence-electron chi connectivity index (χ4n) is 4.81. The quantitative estimate of drug-likeness (QED) is 0.505. The predicted molar refractivity (Wildman–Crippen MR) is 117 cm³/mol. The number of carbonyl (C=O) groups excluding carboxylic acids is 3. The molecule has 2 fully saturated rings. The number of benzene rings is 2. The molecular formula is C24H23F4N3O4. The summed E-state index contributed by atoms with van der Waals surface area (Å²) in [5.74, 6) is -2.57. The summed E-state index contributed by atoms with van der Waals surface area (Å²) in [5, 5.41) is 12.5. The van der Waals surface area contributed by atoms with Gasteiger partial charge in [-0.15, -0.1) is 0 Å². The van der Waals surface area contributed by atoms with Crippen LogP contribution in [0.3, 0.4) is 0 Å². The van der Waals surface area contributed by atoms with Gasteiger partial charge in [-0.25, -0.2) is 4.39 Å². The van der Waals surface area contributed by atoms with Gasteiger partial charge in [0.15, 0.2) is 0 Å². The fraction of sp³-hybridized carbons (Fsp3) is 0.375. The van der Waals surface area contributed by atoms with Crippen molar-refractivity contribution in [2.75, 3.05) is 25.0 Å². The molecule has 2 heterocycles. The highest BCUT2D eigenvalue weighted by Gasteiger charge is 2.45. The number of nitrogens with one attached hydrogen (secondary N) is 1. The molecule has 0 aliphatic carbocycles. The number of carbonyl (C=O) groups is 3. The summed E-state index contributed by atoms with van der Waals surface area (Å²) in [5.41, 5.74) is -1.10. The van der Waals surface area contributed by atoms with Crippen molar-refractivity contribution in [3.8, 4) is 5.75 Å². The van der Waals surface area contributed by atoms with E-state index in [0.29, 0.717) is 25.6 Å². The molecule has 0 radical (unpaired) electrons. The molecule has 3 amide bonds. The largest absolute Gasteiger partial charge is 0.506 e. The van der Waals surface area contributed by atoms with E-state index in [1.807, 2.05) is 0 Å². The lowest BCUT2D eigenvalue weighted by Crippen LogP contribution is -2.41. The molecule has 4 rings (SSSR count). The number of aromatic hydroxyl groups is 1. The van der Waals surface area contributed by atoms with Crippen LogP contribution in [0.2, 0.25) is 0 Å². The van der Waals surface area contributed by atoms with Crippen LogP contribution in [0.25, 0.3) is 0 Å².